The Labute approximate surface area is 175 Å². The summed E-state index contributed by atoms with van der Waals surface area (Å²) in [5, 5.41) is 3.98. The maximum atomic E-state index is 5.43. The first-order valence-corrected chi connectivity index (χ1v) is 10.1. The Kier molecular flexibility index (Phi) is 6.51. The molecule has 0 fully saturated rings. The van der Waals surface area contributed by atoms with Crippen LogP contribution in [0.5, 0.6) is 0 Å². The number of aliphatic imine (C=N–C) groups is 1. The SMILES string of the molecule is Cc1nc(N=C(N)N)sc1-c1ccc(NC/C=C/c2ccc(N(C)C)cc2)cc1. The van der Waals surface area contributed by atoms with Crippen LogP contribution in [0, 0.1) is 6.92 Å². The van der Waals surface area contributed by atoms with Crippen LogP contribution in [0.15, 0.2) is 59.6 Å². The van der Waals surface area contributed by atoms with E-state index >= 15 is 0 Å². The smallest absolute Gasteiger partial charge is 0.213 e. The van der Waals surface area contributed by atoms with Gasteiger partial charge in [0.2, 0.25) is 5.13 Å². The number of aryl methyl sites for hydroxylation is 1. The molecule has 3 rings (SSSR count). The second-order valence-corrected chi connectivity index (χ2v) is 7.77. The minimum atomic E-state index is 0.0199. The van der Waals surface area contributed by atoms with E-state index < -0.39 is 0 Å². The van der Waals surface area contributed by atoms with E-state index in [4.69, 9.17) is 11.5 Å². The number of benzene rings is 2. The van der Waals surface area contributed by atoms with Crippen LogP contribution in [0.1, 0.15) is 11.3 Å². The van der Waals surface area contributed by atoms with E-state index in [-0.39, 0.29) is 5.96 Å². The average Bonchev–Trinajstić information content (AvgIpc) is 3.05. The molecule has 1 heterocycles. The molecule has 0 atom stereocenters. The normalized spacial score (nSPS) is 10.9. The van der Waals surface area contributed by atoms with Gasteiger partial charge in [0.25, 0.3) is 0 Å². The van der Waals surface area contributed by atoms with Crippen LogP contribution in [-0.4, -0.2) is 31.6 Å². The molecule has 0 radical (unpaired) electrons. The number of guanidine groups is 1. The number of hydrogen-bond acceptors (Lipinski definition) is 5. The highest BCUT2D eigenvalue weighted by molar-refractivity contribution is 7.18. The summed E-state index contributed by atoms with van der Waals surface area (Å²) in [6.45, 7) is 2.71. The minimum absolute atomic E-state index is 0.0199. The van der Waals surface area contributed by atoms with Crippen molar-refractivity contribution >= 4 is 39.9 Å². The quantitative estimate of drug-likeness (QED) is 0.404. The fourth-order valence-electron chi connectivity index (χ4n) is 2.80. The monoisotopic (exact) mass is 406 g/mol. The van der Waals surface area contributed by atoms with Gasteiger partial charge < -0.3 is 21.7 Å². The molecule has 0 aliphatic heterocycles. The first-order chi connectivity index (χ1) is 13.9. The zero-order chi connectivity index (χ0) is 20.8. The molecule has 1 aromatic heterocycles. The first-order valence-electron chi connectivity index (χ1n) is 9.27. The fraction of sp³-hybridized carbons (Fsp3) is 0.182. The molecule has 3 aromatic rings. The largest absolute Gasteiger partial charge is 0.382 e. The molecule has 2 aromatic carbocycles. The van der Waals surface area contributed by atoms with Crippen LogP contribution in [0.3, 0.4) is 0 Å². The molecule has 0 saturated heterocycles. The fourth-order valence-corrected chi connectivity index (χ4v) is 3.77. The van der Waals surface area contributed by atoms with Gasteiger partial charge in [-0.3, -0.25) is 0 Å². The molecule has 0 amide bonds. The van der Waals surface area contributed by atoms with Gasteiger partial charge in [-0.15, -0.1) is 0 Å². The molecule has 5 N–H and O–H groups in total. The maximum Gasteiger partial charge on any atom is 0.213 e. The topological polar surface area (TPSA) is 92.6 Å². The summed E-state index contributed by atoms with van der Waals surface area (Å²) in [4.78, 5) is 11.6. The highest BCUT2D eigenvalue weighted by Crippen LogP contribution is 2.34. The molecule has 0 aliphatic carbocycles. The molecule has 0 bridgehead atoms. The van der Waals surface area contributed by atoms with Crippen LogP contribution in [0.4, 0.5) is 16.5 Å². The van der Waals surface area contributed by atoms with Crippen LogP contribution in [-0.2, 0) is 0 Å². The molecule has 7 heteroatoms. The number of aromatic nitrogens is 1. The lowest BCUT2D eigenvalue weighted by Crippen LogP contribution is -2.21. The predicted molar refractivity (Wildman–Crippen MR) is 126 cm³/mol. The summed E-state index contributed by atoms with van der Waals surface area (Å²) >= 11 is 1.48. The van der Waals surface area contributed by atoms with E-state index in [0.717, 1.165) is 28.4 Å². The molecule has 0 aliphatic rings. The lowest BCUT2D eigenvalue weighted by Gasteiger charge is -2.11. The summed E-state index contributed by atoms with van der Waals surface area (Å²) < 4.78 is 0. The number of rotatable bonds is 7. The number of anilines is 2. The van der Waals surface area contributed by atoms with E-state index in [9.17, 15) is 0 Å². The average molecular weight is 407 g/mol. The Balaban J connectivity index is 1.58. The van der Waals surface area contributed by atoms with Gasteiger partial charge in [-0.05, 0) is 42.3 Å². The Hall–Kier alpha value is -3.32. The van der Waals surface area contributed by atoms with Gasteiger partial charge in [-0.1, -0.05) is 47.8 Å². The molecule has 29 heavy (non-hydrogen) atoms. The summed E-state index contributed by atoms with van der Waals surface area (Å²) in [6, 6.07) is 16.8. The van der Waals surface area contributed by atoms with E-state index in [2.05, 4.69) is 80.9 Å². The van der Waals surface area contributed by atoms with Crippen LogP contribution in [0.2, 0.25) is 0 Å². The van der Waals surface area contributed by atoms with Crippen molar-refractivity contribution in [1.29, 1.82) is 0 Å². The summed E-state index contributed by atoms with van der Waals surface area (Å²) in [5.74, 6) is 0.0199. The molecule has 150 valence electrons. The Morgan fingerprint density at radius 2 is 1.79 bits per heavy atom. The number of thiazole rings is 1. The van der Waals surface area contributed by atoms with Gasteiger partial charge in [0.05, 0.1) is 10.6 Å². The van der Waals surface area contributed by atoms with Crippen molar-refractivity contribution < 1.29 is 0 Å². The number of hydrogen-bond donors (Lipinski definition) is 3. The highest BCUT2D eigenvalue weighted by atomic mass is 32.1. The van der Waals surface area contributed by atoms with E-state index in [0.29, 0.717) is 5.13 Å². The second kappa shape index (κ2) is 9.25. The molecule has 6 nitrogen and oxygen atoms in total. The van der Waals surface area contributed by atoms with Gasteiger partial charge in [0.15, 0.2) is 5.96 Å². The second-order valence-electron chi connectivity index (χ2n) is 6.79. The number of nitrogens with one attached hydrogen (secondary N) is 1. The van der Waals surface area contributed by atoms with Gasteiger partial charge in [0.1, 0.15) is 0 Å². The van der Waals surface area contributed by atoms with Crippen molar-refractivity contribution in [3.8, 4) is 10.4 Å². The summed E-state index contributed by atoms with van der Waals surface area (Å²) in [5.41, 5.74) is 16.3. The van der Waals surface area contributed by atoms with Crippen LogP contribution >= 0.6 is 11.3 Å². The molecule has 0 unspecified atom stereocenters. The van der Waals surface area contributed by atoms with Crippen molar-refractivity contribution in [2.24, 2.45) is 16.5 Å². The predicted octanol–water partition coefficient (Wildman–Crippen LogP) is 4.21. The standard InChI is InChI=1S/C22H26N6S/c1-15-20(29-22(26-15)27-21(23)24)17-8-10-18(11-9-17)25-14-4-5-16-6-12-19(13-7-16)28(2)3/h4-13,25H,14H2,1-3H3,(H4,23,24,26,27)/b5-4+. The zero-order valence-corrected chi connectivity index (χ0v) is 17.7. The van der Waals surface area contributed by atoms with Crippen molar-refractivity contribution in [2.75, 3.05) is 30.9 Å². The third kappa shape index (κ3) is 5.58. The third-order valence-electron chi connectivity index (χ3n) is 4.30. The van der Waals surface area contributed by atoms with Gasteiger partial charge in [0, 0.05) is 32.0 Å². The van der Waals surface area contributed by atoms with Gasteiger partial charge in [-0.2, -0.15) is 4.99 Å². The van der Waals surface area contributed by atoms with Crippen molar-refractivity contribution in [3.63, 3.8) is 0 Å². The van der Waals surface area contributed by atoms with Crippen LogP contribution < -0.4 is 21.7 Å². The summed E-state index contributed by atoms with van der Waals surface area (Å²) in [6.07, 6.45) is 4.24. The molecular weight excluding hydrogens is 380 g/mol. The molecule has 0 spiro atoms. The number of nitrogens with two attached hydrogens (primary N) is 2. The van der Waals surface area contributed by atoms with Crippen molar-refractivity contribution in [2.45, 2.75) is 6.92 Å². The minimum Gasteiger partial charge on any atom is -0.382 e. The highest BCUT2D eigenvalue weighted by Gasteiger charge is 2.09. The summed E-state index contributed by atoms with van der Waals surface area (Å²) in [7, 11) is 4.08. The number of nitrogens with zero attached hydrogens (tertiary/aromatic N) is 3. The Morgan fingerprint density at radius 3 is 2.41 bits per heavy atom. The zero-order valence-electron chi connectivity index (χ0n) is 16.9. The van der Waals surface area contributed by atoms with Gasteiger partial charge in [-0.25, -0.2) is 4.98 Å². The van der Waals surface area contributed by atoms with E-state index in [1.54, 1.807) is 0 Å². The molecular formula is C22H26N6S. The van der Waals surface area contributed by atoms with Crippen molar-refractivity contribution in [1.82, 2.24) is 4.98 Å². The molecule has 0 saturated carbocycles. The van der Waals surface area contributed by atoms with Crippen LogP contribution in [0.25, 0.3) is 16.5 Å². The lowest BCUT2D eigenvalue weighted by atomic mass is 10.1. The third-order valence-corrected chi connectivity index (χ3v) is 5.40. The first kappa shape index (κ1) is 20.4. The Morgan fingerprint density at radius 1 is 1.10 bits per heavy atom. The maximum absolute atomic E-state index is 5.43. The van der Waals surface area contributed by atoms with Crippen molar-refractivity contribution in [3.05, 3.63) is 65.9 Å². The van der Waals surface area contributed by atoms with E-state index in [1.165, 1.54) is 22.6 Å². The lowest BCUT2D eigenvalue weighted by molar-refractivity contribution is 1.13. The van der Waals surface area contributed by atoms with Gasteiger partial charge >= 0.3 is 0 Å². The Bertz CT molecular complexity index is 997. The van der Waals surface area contributed by atoms with E-state index in [1.807, 2.05) is 21.0 Å².